The first-order valence-corrected chi connectivity index (χ1v) is 9.20. The highest BCUT2D eigenvalue weighted by Crippen LogP contribution is 2.27. The Bertz CT molecular complexity index is 890. The first-order chi connectivity index (χ1) is 11.4. The van der Waals surface area contributed by atoms with Crippen LogP contribution in [0.25, 0.3) is 0 Å². The van der Waals surface area contributed by atoms with Crippen LogP contribution >= 0.6 is 0 Å². The van der Waals surface area contributed by atoms with Gasteiger partial charge in [0.05, 0.1) is 10.8 Å². The summed E-state index contributed by atoms with van der Waals surface area (Å²) in [7, 11) is -3.89. The average molecular weight is 345 g/mol. The fraction of sp³-hybridized carbons (Fsp3) is 0.278. The zero-order chi connectivity index (χ0) is 17.3. The van der Waals surface area contributed by atoms with Gasteiger partial charge in [0.1, 0.15) is 12.4 Å². The quantitative estimate of drug-likeness (QED) is 0.927. The second kappa shape index (κ2) is 6.28. The second-order valence-electron chi connectivity index (χ2n) is 6.06. The van der Waals surface area contributed by atoms with E-state index in [-0.39, 0.29) is 11.5 Å². The minimum absolute atomic E-state index is 0.132. The van der Waals surface area contributed by atoms with Gasteiger partial charge in [-0.3, -0.25) is 4.79 Å². The van der Waals surface area contributed by atoms with Crippen LogP contribution in [0.4, 0.5) is 0 Å². The number of amides is 1. The lowest BCUT2D eigenvalue weighted by Gasteiger charge is -2.24. The molecule has 0 spiro atoms. The SMILES string of the molecule is Cc1ccc(C)c(S(=O)(=O)NC(=O)C2COc3ccccc3C2)c1. The fourth-order valence-electron chi connectivity index (χ4n) is 2.76. The molecule has 126 valence electrons. The number of rotatable bonds is 3. The van der Waals surface area contributed by atoms with Gasteiger partial charge in [-0.1, -0.05) is 30.3 Å². The Morgan fingerprint density at radius 1 is 1.17 bits per heavy atom. The smallest absolute Gasteiger partial charge is 0.264 e. The number of para-hydroxylation sites is 1. The third kappa shape index (κ3) is 3.28. The molecule has 3 rings (SSSR count). The standard InChI is InChI=1S/C18H19NO4S/c1-12-7-8-13(2)17(9-12)24(21,22)19-18(20)15-10-14-5-3-4-6-16(14)23-11-15/h3-9,15H,10-11H2,1-2H3,(H,19,20). The van der Waals surface area contributed by atoms with Crippen LogP contribution in [0.5, 0.6) is 5.75 Å². The number of sulfonamides is 1. The summed E-state index contributed by atoms with van der Waals surface area (Å²) < 4.78 is 32.8. The number of nitrogens with one attached hydrogen (secondary N) is 1. The molecule has 1 N–H and O–H groups in total. The van der Waals surface area contributed by atoms with Crippen LogP contribution in [0.1, 0.15) is 16.7 Å². The van der Waals surface area contributed by atoms with Crippen molar-refractivity contribution in [3.63, 3.8) is 0 Å². The zero-order valence-corrected chi connectivity index (χ0v) is 14.4. The monoisotopic (exact) mass is 345 g/mol. The number of aryl methyl sites for hydroxylation is 2. The molecule has 24 heavy (non-hydrogen) atoms. The van der Waals surface area contributed by atoms with Crippen molar-refractivity contribution in [2.24, 2.45) is 5.92 Å². The van der Waals surface area contributed by atoms with E-state index < -0.39 is 21.8 Å². The lowest BCUT2D eigenvalue weighted by molar-refractivity contribution is -0.124. The fourth-order valence-corrected chi connectivity index (χ4v) is 4.14. The number of fused-ring (bicyclic) bond motifs is 1. The molecule has 0 saturated heterocycles. The van der Waals surface area contributed by atoms with E-state index in [4.69, 9.17) is 4.74 Å². The molecule has 1 aliphatic heterocycles. The third-order valence-electron chi connectivity index (χ3n) is 4.12. The number of ether oxygens (including phenoxy) is 1. The Morgan fingerprint density at radius 2 is 1.92 bits per heavy atom. The van der Waals surface area contributed by atoms with Gasteiger partial charge in [0, 0.05) is 0 Å². The average Bonchev–Trinajstić information content (AvgIpc) is 2.56. The van der Waals surface area contributed by atoms with Gasteiger partial charge in [-0.25, -0.2) is 13.1 Å². The van der Waals surface area contributed by atoms with E-state index in [1.165, 1.54) is 0 Å². The summed E-state index contributed by atoms with van der Waals surface area (Å²) >= 11 is 0. The summed E-state index contributed by atoms with van der Waals surface area (Å²) in [6.45, 7) is 3.69. The summed E-state index contributed by atoms with van der Waals surface area (Å²) in [4.78, 5) is 12.6. The first-order valence-electron chi connectivity index (χ1n) is 7.71. The Balaban J connectivity index is 1.79. The Morgan fingerprint density at radius 3 is 2.71 bits per heavy atom. The van der Waals surface area contributed by atoms with Gasteiger partial charge in [-0.05, 0) is 49.1 Å². The van der Waals surface area contributed by atoms with Gasteiger partial charge >= 0.3 is 0 Å². The molecule has 0 aromatic heterocycles. The molecule has 1 aliphatic rings. The number of hydrogen-bond donors (Lipinski definition) is 1. The zero-order valence-electron chi connectivity index (χ0n) is 13.6. The van der Waals surface area contributed by atoms with Crippen LogP contribution in [0.15, 0.2) is 47.4 Å². The largest absolute Gasteiger partial charge is 0.492 e. The molecule has 1 heterocycles. The minimum Gasteiger partial charge on any atom is -0.492 e. The lowest BCUT2D eigenvalue weighted by atomic mass is 9.96. The maximum absolute atomic E-state index is 12.5. The maximum atomic E-state index is 12.5. The van der Waals surface area contributed by atoms with E-state index >= 15 is 0 Å². The predicted octanol–water partition coefficient (Wildman–Crippen LogP) is 2.36. The van der Waals surface area contributed by atoms with Crippen LogP contribution in [0, 0.1) is 19.8 Å². The van der Waals surface area contributed by atoms with Crippen molar-refractivity contribution >= 4 is 15.9 Å². The van der Waals surface area contributed by atoms with Crippen LogP contribution in [0.2, 0.25) is 0 Å². The van der Waals surface area contributed by atoms with E-state index in [1.54, 1.807) is 19.1 Å². The van der Waals surface area contributed by atoms with Crippen LogP contribution in [0.3, 0.4) is 0 Å². The highest BCUT2D eigenvalue weighted by molar-refractivity contribution is 7.90. The van der Waals surface area contributed by atoms with E-state index in [9.17, 15) is 13.2 Å². The van der Waals surface area contributed by atoms with Crippen LogP contribution < -0.4 is 9.46 Å². The lowest BCUT2D eigenvalue weighted by Crippen LogP contribution is -2.40. The van der Waals surface area contributed by atoms with E-state index in [0.29, 0.717) is 12.0 Å². The van der Waals surface area contributed by atoms with Crippen molar-refractivity contribution in [1.29, 1.82) is 0 Å². The molecule has 2 aromatic rings. The van der Waals surface area contributed by atoms with Gasteiger partial charge in [0.2, 0.25) is 5.91 Å². The summed E-state index contributed by atoms with van der Waals surface area (Å²) in [5, 5.41) is 0. The second-order valence-corrected chi connectivity index (χ2v) is 7.71. The highest BCUT2D eigenvalue weighted by Gasteiger charge is 2.29. The summed E-state index contributed by atoms with van der Waals surface area (Å²) in [6.07, 6.45) is 0.463. The predicted molar refractivity (Wildman–Crippen MR) is 90.4 cm³/mol. The molecule has 0 bridgehead atoms. The van der Waals surface area contributed by atoms with Gasteiger partial charge in [0.25, 0.3) is 10.0 Å². The van der Waals surface area contributed by atoms with Gasteiger partial charge in [-0.15, -0.1) is 0 Å². The van der Waals surface area contributed by atoms with Gasteiger partial charge < -0.3 is 4.74 Å². The molecule has 1 unspecified atom stereocenters. The van der Waals surface area contributed by atoms with Crippen molar-refractivity contribution in [3.8, 4) is 5.75 Å². The highest BCUT2D eigenvalue weighted by atomic mass is 32.2. The number of benzene rings is 2. The molecule has 0 saturated carbocycles. The normalized spacial score (nSPS) is 16.8. The molecule has 0 fully saturated rings. The molecule has 1 atom stereocenters. The van der Waals surface area contributed by atoms with E-state index in [1.807, 2.05) is 37.3 Å². The number of hydrogen-bond acceptors (Lipinski definition) is 4. The van der Waals surface area contributed by atoms with Crippen LogP contribution in [-0.4, -0.2) is 20.9 Å². The van der Waals surface area contributed by atoms with Crippen molar-refractivity contribution in [3.05, 3.63) is 59.2 Å². The van der Waals surface area contributed by atoms with Crippen molar-refractivity contribution < 1.29 is 17.9 Å². The molecule has 5 nitrogen and oxygen atoms in total. The van der Waals surface area contributed by atoms with E-state index in [2.05, 4.69) is 4.72 Å². The number of carbonyl (C=O) groups is 1. The molecule has 0 aliphatic carbocycles. The molecular formula is C18H19NO4S. The van der Waals surface area contributed by atoms with Crippen molar-refractivity contribution in [2.75, 3.05) is 6.61 Å². The van der Waals surface area contributed by atoms with E-state index in [0.717, 1.165) is 16.9 Å². The maximum Gasteiger partial charge on any atom is 0.264 e. The Labute approximate surface area is 141 Å². The molecule has 2 aromatic carbocycles. The van der Waals surface area contributed by atoms with Gasteiger partial charge in [-0.2, -0.15) is 0 Å². The topological polar surface area (TPSA) is 72.5 Å². The van der Waals surface area contributed by atoms with Gasteiger partial charge in [0.15, 0.2) is 0 Å². The number of carbonyl (C=O) groups excluding carboxylic acids is 1. The van der Waals surface area contributed by atoms with Crippen LogP contribution in [-0.2, 0) is 21.2 Å². The third-order valence-corrected chi connectivity index (χ3v) is 5.61. The first kappa shape index (κ1) is 16.5. The minimum atomic E-state index is -3.89. The van der Waals surface area contributed by atoms with Crippen molar-refractivity contribution in [1.82, 2.24) is 4.72 Å². The Kier molecular flexibility index (Phi) is 4.32. The summed E-state index contributed by atoms with van der Waals surface area (Å²) in [6, 6.07) is 12.6. The Hall–Kier alpha value is -2.34. The molecule has 6 heteroatoms. The molecule has 1 amide bonds. The van der Waals surface area contributed by atoms with Crippen molar-refractivity contribution in [2.45, 2.75) is 25.2 Å². The molecule has 0 radical (unpaired) electrons. The molecular weight excluding hydrogens is 326 g/mol. The summed E-state index contributed by atoms with van der Waals surface area (Å²) in [5.74, 6) is -0.316. The summed E-state index contributed by atoms with van der Waals surface area (Å²) in [5.41, 5.74) is 2.34.